The summed E-state index contributed by atoms with van der Waals surface area (Å²) < 4.78 is 2.16. The maximum atomic E-state index is 11.2. The maximum Gasteiger partial charge on any atom is 2.00 e. The van der Waals surface area contributed by atoms with Gasteiger partial charge in [0.2, 0.25) is 0 Å². The predicted molar refractivity (Wildman–Crippen MR) is 125 cm³/mol. The van der Waals surface area contributed by atoms with E-state index in [0.717, 1.165) is 7.14 Å². The minimum absolute atomic E-state index is 0. The smallest absolute Gasteiger partial charge is 0.875 e. The number of carbonyl (C=O) groups excluding carboxylic acids is 2. The topological polar surface area (TPSA) is 80.3 Å². The van der Waals surface area contributed by atoms with E-state index in [0.29, 0.717) is 11.1 Å². The average molecular weight is 666 g/mol. The fourth-order valence-electron chi connectivity index (χ4n) is 2.54. The molecule has 0 atom stereocenters. The number of halogens is 2. The van der Waals surface area contributed by atoms with E-state index in [4.69, 9.17) is 0 Å². The van der Waals surface area contributed by atoms with Crippen molar-refractivity contribution in [3.8, 4) is 0 Å². The van der Waals surface area contributed by atoms with Crippen molar-refractivity contribution in [1.82, 2.24) is 0 Å². The van der Waals surface area contributed by atoms with E-state index in [9.17, 15) is 19.8 Å². The van der Waals surface area contributed by atoms with E-state index < -0.39 is 0 Å². The number of ketones is 2. The molecule has 0 unspecified atom stereocenters. The van der Waals surface area contributed by atoms with Gasteiger partial charge in [-0.2, -0.15) is 0 Å². The summed E-state index contributed by atoms with van der Waals surface area (Å²) in [4.78, 5) is 22.4. The van der Waals surface area contributed by atoms with E-state index in [2.05, 4.69) is 45.2 Å². The molecule has 0 saturated carbocycles. The maximum absolute atomic E-state index is 11.2. The van der Waals surface area contributed by atoms with Crippen molar-refractivity contribution >= 4 is 67.9 Å². The van der Waals surface area contributed by atoms with E-state index in [-0.39, 0.29) is 51.3 Å². The van der Waals surface area contributed by atoms with Crippen LogP contribution < -0.4 is 10.2 Å². The van der Waals surface area contributed by atoms with Crippen LogP contribution in [0, 0.1) is 7.14 Å². The molecule has 0 heterocycles. The van der Waals surface area contributed by atoms with Gasteiger partial charge in [-0.25, -0.2) is 0 Å². The van der Waals surface area contributed by atoms with Crippen molar-refractivity contribution in [2.24, 2.45) is 0 Å². The molecule has 4 nitrogen and oxygen atoms in total. The number of benzene rings is 2. The molecule has 0 N–H and O–H groups in total. The van der Waals surface area contributed by atoms with Gasteiger partial charge in [0.05, 0.1) is 0 Å². The molecule has 0 saturated heterocycles. The molecule has 2 aromatic rings. The first kappa shape index (κ1) is 27.8. The summed E-state index contributed by atoms with van der Waals surface area (Å²) in [5, 5.41) is 22.4. The molecule has 0 spiro atoms. The Labute approximate surface area is 209 Å². The number of hydrogen-bond acceptors (Lipinski definition) is 4. The van der Waals surface area contributed by atoms with Crippen LogP contribution in [0.5, 0.6) is 0 Å². The first-order valence-corrected chi connectivity index (χ1v) is 10.5. The van der Waals surface area contributed by atoms with Crippen LogP contribution in [0.4, 0.5) is 0 Å². The van der Waals surface area contributed by atoms with Gasteiger partial charge < -0.3 is 10.2 Å². The minimum atomic E-state index is -0.182. The molecular formula is C22H20CuI2O4. The quantitative estimate of drug-likeness (QED) is 0.215. The van der Waals surface area contributed by atoms with Gasteiger partial charge >= 0.3 is 17.1 Å². The summed E-state index contributed by atoms with van der Waals surface area (Å²) in [5.41, 5.74) is 1.96. The number of carbonyl (C=O) groups is 2. The molecule has 2 aromatic carbocycles. The van der Waals surface area contributed by atoms with E-state index >= 15 is 0 Å². The van der Waals surface area contributed by atoms with E-state index in [1.165, 1.54) is 27.7 Å². The van der Waals surface area contributed by atoms with Crippen molar-refractivity contribution in [3.63, 3.8) is 0 Å². The summed E-state index contributed by atoms with van der Waals surface area (Å²) in [6.07, 6.45) is 0. The molecule has 2 rings (SSSR count). The van der Waals surface area contributed by atoms with Crippen LogP contribution in [0.1, 0.15) is 38.8 Å². The van der Waals surface area contributed by atoms with Gasteiger partial charge in [-0.05, 0) is 94.4 Å². The fraction of sp³-hybridized carbons (Fsp3) is 0.182. The first-order valence-electron chi connectivity index (χ1n) is 8.34. The zero-order valence-electron chi connectivity index (χ0n) is 16.3. The number of allylic oxidation sites excluding steroid dienone is 4. The van der Waals surface area contributed by atoms with Gasteiger partial charge in [-0.15, -0.1) is 11.5 Å². The Hall–Kier alpha value is -1.16. The Kier molecular flexibility index (Phi) is 12.7. The predicted octanol–water partition coefficient (Wildman–Crippen LogP) is 3.94. The number of Topliss-reactive ketones (excluding diaryl/α,β-unsaturated/α-hetero) is 2. The minimum Gasteiger partial charge on any atom is -0.875 e. The largest absolute Gasteiger partial charge is 2.00 e. The molecule has 0 aliphatic carbocycles. The second-order valence-electron chi connectivity index (χ2n) is 5.99. The normalized spacial score (nSPS) is 11.8. The summed E-state index contributed by atoms with van der Waals surface area (Å²) in [5.74, 6) is -0.727. The van der Waals surface area contributed by atoms with Crippen LogP contribution in [-0.4, -0.2) is 11.6 Å². The second-order valence-corrected chi connectivity index (χ2v) is 8.48. The third kappa shape index (κ3) is 9.02. The SMILES string of the molecule is CC(=O)/C(=C(/C)[O-])c1ccc(I)cc1.CC(=O)/C(=C(/C)[O-])c1ccc(I)cc1.[Cu+2]. The van der Waals surface area contributed by atoms with Crippen LogP contribution >= 0.6 is 45.2 Å². The molecule has 0 aliphatic rings. The van der Waals surface area contributed by atoms with Crippen molar-refractivity contribution in [3.05, 3.63) is 78.3 Å². The Morgan fingerprint density at radius 3 is 1.03 bits per heavy atom. The fourth-order valence-corrected chi connectivity index (χ4v) is 3.26. The molecule has 0 amide bonds. The summed E-state index contributed by atoms with van der Waals surface area (Å²) in [6, 6.07) is 14.7. The van der Waals surface area contributed by atoms with Crippen molar-refractivity contribution in [2.75, 3.05) is 0 Å². The third-order valence-electron chi connectivity index (χ3n) is 3.67. The summed E-state index contributed by atoms with van der Waals surface area (Å²) in [7, 11) is 0. The van der Waals surface area contributed by atoms with Gasteiger partial charge in [0.25, 0.3) is 0 Å². The Balaban J connectivity index is 0.000000523. The number of rotatable bonds is 4. The molecule has 0 aliphatic heterocycles. The average Bonchev–Trinajstić information content (AvgIpc) is 2.58. The van der Waals surface area contributed by atoms with Crippen molar-refractivity contribution in [1.29, 1.82) is 0 Å². The number of hydrogen-bond donors (Lipinski definition) is 0. The van der Waals surface area contributed by atoms with Gasteiger partial charge in [0, 0.05) is 18.3 Å². The monoisotopic (exact) mass is 665 g/mol. The van der Waals surface area contributed by atoms with Gasteiger partial charge in [0.15, 0.2) is 11.6 Å². The molecule has 157 valence electrons. The van der Waals surface area contributed by atoms with Crippen molar-refractivity contribution in [2.45, 2.75) is 27.7 Å². The van der Waals surface area contributed by atoms with E-state index in [1.807, 2.05) is 24.3 Å². The van der Waals surface area contributed by atoms with Crippen molar-refractivity contribution < 1.29 is 36.9 Å². The Morgan fingerprint density at radius 1 is 0.621 bits per heavy atom. The Bertz CT molecular complexity index is 829. The molecule has 0 fully saturated rings. The van der Waals surface area contributed by atoms with Crippen LogP contribution in [0.3, 0.4) is 0 Å². The van der Waals surface area contributed by atoms with Gasteiger partial charge in [-0.1, -0.05) is 38.1 Å². The van der Waals surface area contributed by atoms with Gasteiger partial charge in [-0.3, -0.25) is 9.59 Å². The third-order valence-corrected chi connectivity index (χ3v) is 5.11. The second kappa shape index (κ2) is 13.2. The molecule has 29 heavy (non-hydrogen) atoms. The zero-order chi connectivity index (χ0) is 21.4. The summed E-state index contributed by atoms with van der Waals surface area (Å²) in [6.45, 7) is 5.65. The van der Waals surface area contributed by atoms with Crippen LogP contribution in [-0.2, 0) is 26.7 Å². The molecule has 0 aromatic heterocycles. The molecular weight excluding hydrogens is 646 g/mol. The van der Waals surface area contributed by atoms with Crippen LogP contribution in [0.2, 0.25) is 0 Å². The summed E-state index contributed by atoms with van der Waals surface area (Å²) >= 11 is 4.35. The molecule has 0 bridgehead atoms. The molecule has 1 radical (unpaired) electrons. The molecule has 7 heteroatoms. The van der Waals surface area contributed by atoms with Gasteiger partial charge in [0.1, 0.15) is 0 Å². The standard InChI is InChI=1S/2C11H11IO2.Cu/c2*1-7(13)11(8(2)14)9-3-5-10(12)6-4-9;/h2*3-6,13H,1-2H3;/q;;+2/p-2/b2*11-7+;. The first-order chi connectivity index (χ1) is 13.0. The van der Waals surface area contributed by atoms with E-state index in [1.54, 1.807) is 24.3 Å². The Morgan fingerprint density at radius 2 is 0.862 bits per heavy atom. The zero-order valence-corrected chi connectivity index (χ0v) is 21.6. The van der Waals surface area contributed by atoms with Crippen LogP contribution in [0.15, 0.2) is 60.0 Å². The van der Waals surface area contributed by atoms with Crippen LogP contribution in [0.25, 0.3) is 11.1 Å².